The van der Waals surface area contributed by atoms with E-state index in [1.165, 1.54) is 0 Å². The molecule has 2 rings (SSSR count). The van der Waals surface area contributed by atoms with Gasteiger partial charge in [0.2, 0.25) is 0 Å². The zero-order valence-electron chi connectivity index (χ0n) is 14.9. The lowest BCUT2D eigenvalue weighted by atomic mass is 9.92. The average molecular weight is 375 g/mol. The number of aromatic nitrogens is 3. The van der Waals surface area contributed by atoms with E-state index in [-0.39, 0.29) is 0 Å². The molecular weight excluding hydrogens is 346 g/mol. The van der Waals surface area contributed by atoms with Crippen LogP contribution >= 0.6 is 0 Å². The second-order valence-electron chi connectivity index (χ2n) is 6.70. The minimum Gasteiger partial charge on any atom is -0.394 e. The maximum Gasteiger partial charge on any atom is 0.111 e. The van der Waals surface area contributed by atoms with Gasteiger partial charge in [0, 0.05) is 6.61 Å². The number of ether oxygens (including phenoxy) is 2. The van der Waals surface area contributed by atoms with E-state index in [1.807, 2.05) is 0 Å². The maximum atomic E-state index is 9.95. The molecule has 6 atom stereocenters. The van der Waals surface area contributed by atoms with E-state index < -0.39 is 43.2 Å². The lowest BCUT2D eigenvalue weighted by Crippen LogP contribution is -2.58. The zero-order chi connectivity index (χ0) is 19.1. The number of nitrogens with zero attached hydrogens (tertiary/aromatic N) is 3. The van der Waals surface area contributed by atoms with E-state index in [9.17, 15) is 20.4 Å². The fraction of sp³-hybridized carbons (Fsp3) is 0.875. The molecule has 1 aromatic heterocycles. The molecule has 0 aromatic carbocycles. The SMILES string of the molecule is C[C@H](O)Cn1cc(COCCCCC2OC(CO)C(O)C(O)C2O)nn1. The monoisotopic (exact) mass is 375 g/mol. The Morgan fingerprint density at radius 3 is 2.62 bits per heavy atom. The summed E-state index contributed by atoms with van der Waals surface area (Å²) in [5.41, 5.74) is 0.680. The quantitative estimate of drug-likeness (QED) is 0.298. The second kappa shape index (κ2) is 10.3. The predicted molar refractivity (Wildman–Crippen MR) is 89.0 cm³/mol. The Morgan fingerprint density at radius 1 is 1.19 bits per heavy atom. The summed E-state index contributed by atoms with van der Waals surface area (Å²) in [6.45, 7) is 2.44. The Bertz CT molecular complexity index is 526. The van der Waals surface area contributed by atoms with Crippen LogP contribution in [0, 0.1) is 0 Å². The summed E-state index contributed by atoms with van der Waals surface area (Å²) in [6, 6.07) is 0. The Kier molecular flexibility index (Phi) is 8.35. The molecule has 150 valence electrons. The number of aliphatic hydroxyl groups excluding tert-OH is 5. The fourth-order valence-electron chi connectivity index (χ4n) is 2.91. The lowest BCUT2D eigenvalue weighted by molar-refractivity contribution is -0.230. The van der Waals surface area contributed by atoms with Crippen molar-refractivity contribution in [2.24, 2.45) is 0 Å². The Balaban J connectivity index is 1.62. The van der Waals surface area contributed by atoms with Gasteiger partial charge in [-0.3, -0.25) is 0 Å². The van der Waals surface area contributed by atoms with E-state index in [0.717, 1.165) is 6.42 Å². The average Bonchev–Trinajstić information content (AvgIpc) is 3.04. The lowest BCUT2D eigenvalue weighted by Gasteiger charge is -2.40. The van der Waals surface area contributed by atoms with E-state index in [1.54, 1.807) is 17.8 Å². The molecule has 5 unspecified atom stereocenters. The van der Waals surface area contributed by atoms with Gasteiger partial charge in [0.15, 0.2) is 0 Å². The van der Waals surface area contributed by atoms with Crippen molar-refractivity contribution in [3.8, 4) is 0 Å². The predicted octanol–water partition coefficient (Wildman–Crippen LogP) is -1.81. The molecule has 0 spiro atoms. The van der Waals surface area contributed by atoms with Crippen molar-refractivity contribution in [1.29, 1.82) is 0 Å². The van der Waals surface area contributed by atoms with E-state index in [0.29, 0.717) is 38.3 Å². The maximum absolute atomic E-state index is 9.95. The molecule has 26 heavy (non-hydrogen) atoms. The van der Waals surface area contributed by atoms with Crippen LogP contribution in [0.3, 0.4) is 0 Å². The van der Waals surface area contributed by atoms with Crippen molar-refractivity contribution in [2.45, 2.75) is 76.0 Å². The summed E-state index contributed by atoms with van der Waals surface area (Å²) in [7, 11) is 0. The molecule has 10 nitrogen and oxygen atoms in total. The summed E-state index contributed by atoms with van der Waals surface area (Å²) >= 11 is 0. The van der Waals surface area contributed by atoms with Crippen LogP contribution in [0.5, 0.6) is 0 Å². The van der Waals surface area contributed by atoms with E-state index >= 15 is 0 Å². The molecule has 1 aliphatic heterocycles. The minimum atomic E-state index is -1.33. The van der Waals surface area contributed by atoms with Crippen molar-refractivity contribution < 1.29 is 35.0 Å². The molecule has 0 amide bonds. The van der Waals surface area contributed by atoms with Crippen LogP contribution in [0.1, 0.15) is 31.9 Å². The highest BCUT2D eigenvalue weighted by molar-refractivity contribution is 4.92. The first-order valence-corrected chi connectivity index (χ1v) is 8.87. The summed E-state index contributed by atoms with van der Waals surface area (Å²) in [5, 5.41) is 55.7. The smallest absolute Gasteiger partial charge is 0.111 e. The normalized spacial score (nSPS) is 30.5. The van der Waals surface area contributed by atoms with Gasteiger partial charge in [-0.25, -0.2) is 4.68 Å². The minimum absolute atomic E-state index is 0.319. The van der Waals surface area contributed by atoms with Crippen molar-refractivity contribution >= 4 is 0 Å². The van der Waals surface area contributed by atoms with Crippen LogP contribution < -0.4 is 0 Å². The van der Waals surface area contributed by atoms with Crippen molar-refractivity contribution in [1.82, 2.24) is 15.0 Å². The summed E-state index contributed by atoms with van der Waals surface area (Å²) < 4.78 is 12.5. The van der Waals surface area contributed by atoms with Crippen LogP contribution in [0.25, 0.3) is 0 Å². The zero-order valence-corrected chi connectivity index (χ0v) is 14.9. The Morgan fingerprint density at radius 2 is 1.92 bits per heavy atom. The molecule has 5 N–H and O–H groups in total. The van der Waals surface area contributed by atoms with E-state index in [2.05, 4.69) is 10.3 Å². The van der Waals surface area contributed by atoms with Crippen LogP contribution in [-0.2, 0) is 22.6 Å². The largest absolute Gasteiger partial charge is 0.394 e. The highest BCUT2D eigenvalue weighted by Crippen LogP contribution is 2.24. The molecule has 0 radical (unpaired) electrons. The Hall–Kier alpha value is -1.14. The topological polar surface area (TPSA) is 150 Å². The fourth-order valence-corrected chi connectivity index (χ4v) is 2.91. The molecule has 1 aliphatic rings. The first-order chi connectivity index (χ1) is 12.4. The van der Waals surface area contributed by atoms with Crippen molar-refractivity contribution in [2.75, 3.05) is 13.2 Å². The van der Waals surface area contributed by atoms with Gasteiger partial charge in [-0.2, -0.15) is 0 Å². The number of hydrogen-bond donors (Lipinski definition) is 5. The van der Waals surface area contributed by atoms with Crippen LogP contribution in [-0.4, -0.2) is 90.4 Å². The van der Waals surface area contributed by atoms with Gasteiger partial charge in [0.05, 0.1) is 38.2 Å². The number of unbranched alkanes of at least 4 members (excludes halogenated alkanes) is 1. The van der Waals surface area contributed by atoms with Gasteiger partial charge in [-0.05, 0) is 26.2 Å². The van der Waals surface area contributed by atoms with Crippen LogP contribution in [0.15, 0.2) is 6.20 Å². The van der Waals surface area contributed by atoms with Gasteiger partial charge < -0.3 is 35.0 Å². The number of hydrogen-bond acceptors (Lipinski definition) is 9. The third-order valence-electron chi connectivity index (χ3n) is 4.31. The molecule has 1 fully saturated rings. The van der Waals surface area contributed by atoms with Crippen LogP contribution in [0.4, 0.5) is 0 Å². The summed E-state index contributed by atoms with van der Waals surface area (Å²) in [6.07, 6.45) is -2.21. The standard InChI is InChI=1S/C16H29N3O7/c1-10(21)6-19-7-11(17-18-19)9-25-5-3-2-4-12-14(22)16(24)15(23)13(8-20)26-12/h7,10,12-16,20-24H,2-6,8-9H2,1H3/t10-,12?,13?,14?,15?,16?/m0/s1. The number of aliphatic hydroxyl groups is 5. The van der Waals surface area contributed by atoms with E-state index in [4.69, 9.17) is 14.6 Å². The first kappa shape index (κ1) is 21.2. The van der Waals surface area contributed by atoms with Gasteiger partial charge >= 0.3 is 0 Å². The van der Waals surface area contributed by atoms with Crippen molar-refractivity contribution in [3.63, 3.8) is 0 Å². The van der Waals surface area contributed by atoms with Gasteiger partial charge in [0.1, 0.15) is 30.1 Å². The second-order valence-corrected chi connectivity index (χ2v) is 6.70. The third-order valence-corrected chi connectivity index (χ3v) is 4.31. The first-order valence-electron chi connectivity index (χ1n) is 8.87. The van der Waals surface area contributed by atoms with Crippen molar-refractivity contribution in [3.05, 3.63) is 11.9 Å². The van der Waals surface area contributed by atoms with Gasteiger partial charge in [-0.1, -0.05) is 5.21 Å². The molecule has 1 saturated heterocycles. The molecule has 0 aliphatic carbocycles. The Labute approximate surface area is 152 Å². The third kappa shape index (κ3) is 5.95. The molecule has 0 saturated carbocycles. The van der Waals surface area contributed by atoms with Gasteiger partial charge in [0.25, 0.3) is 0 Å². The molecular formula is C16H29N3O7. The van der Waals surface area contributed by atoms with Crippen LogP contribution in [0.2, 0.25) is 0 Å². The number of rotatable bonds is 10. The molecule has 1 aromatic rings. The van der Waals surface area contributed by atoms with Gasteiger partial charge in [-0.15, -0.1) is 5.10 Å². The highest BCUT2D eigenvalue weighted by atomic mass is 16.5. The summed E-state index contributed by atoms with van der Waals surface area (Å²) in [4.78, 5) is 0. The molecule has 0 bridgehead atoms. The molecule has 10 heteroatoms. The highest BCUT2D eigenvalue weighted by Gasteiger charge is 2.42. The molecule has 2 heterocycles. The summed E-state index contributed by atoms with van der Waals surface area (Å²) in [5.74, 6) is 0.